The molecule has 176 valence electrons. The molecule has 1 aliphatic carbocycles. The summed E-state index contributed by atoms with van der Waals surface area (Å²) in [4.78, 5) is 13.8. The van der Waals surface area contributed by atoms with Gasteiger partial charge >= 0.3 is 0 Å². The van der Waals surface area contributed by atoms with Crippen LogP contribution in [-0.2, 0) is 26.3 Å². The molecule has 0 spiro atoms. The predicted octanol–water partition coefficient (Wildman–Crippen LogP) is 6.27. The van der Waals surface area contributed by atoms with Gasteiger partial charge in [-0.05, 0) is 60.4 Å². The first-order chi connectivity index (χ1) is 16.1. The van der Waals surface area contributed by atoms with E-state index < -0.39 is 0 Å². The minimum absolute atomic E-state index is 0.0403. The van der Waals surface area contributed by atoms with Gasteiger partial charge in [0, 0.05) is 41.7 Å². The van der Waals surface area contributed by atoms with E-state index in [1.807, 2.05) is 36.0 Å². The lowest BCUT2D eigenvalue weighted by Crippen LogP contribution is -2.40. The molecule has 2 aliphatic rings. The van der Waals surface area contributed by atoms with Gasteiger partial charge < -0.3 is 14.8 Å². The molecule has 33 heavy (non-hydrogen) atoms. The van der Waals surface area contributed by atoms with Crippen molar-refractivity contribution >= 4 is 29.3 Å². The maximum Gasteiger partial charge on any atom is 0.228 e. The van der Waals surface area contributed by atoms with Crippen LogP contribution in [0.3, 0.4) is 0 Å². The van der Waals surface area contributed by atoms with Crippen LogP contribution >= 0.6 is 23.4 Å². The van der Waals surface area contributed by atoms with E-state index in [0.717, 1.165) is 54.1 Å². The van der Waals surface area contributed by atoms with Crippen LogP contribution in [0.5, 0.6) is 0 Å². The normalized spacial score (nSPS) is 20.2. The number of carbonyl (C=O) groups is 1. The highest BCUT2D eigenvalue weighted by molar-refractivity contribution is 7.99. The fraction of sp³-hybridized carbons (Fsp3) is 0.444. The monoisotopic (exact) mass is 485 g/mol. The number of hydrogen-bond donors (Lipinski definition) is 1. The molecule has 1 heterocycles. The number of hydrogen-bond acceptors (Lipinski definition) is 4. The van der Waals surface area contributed by atoms with E-state index in [0.29, 0.717) is 19.6 Å². The van der Waals surface area contributed by atoms with Gasteiger partial charge in [-0.2, -0.15) is 0 Å². The van der Waals surface area contributed by atoms with E-state index in [4.69, 9.17) is 21.1 Å². The first-order valence-electron chi connectivity index (χ1n) is 11.8. The Morgan fingerprint density at radius 3 is 2.52 bits per heavy atom. The summed E-state index contributed by atoms with van der Waals surface area (Å²) in [7, 11) is 0. The lowest BCUT2D eigenvalue weighted by molar-refractivity contribution is -0.151. The highest BCUT2D eigenvalue weighted by atomic mass is 35.5. The maximum atomic E-state index is 12.5. The van der Waals surface area contributed by atoms with E-state index in [1.165, 1.54) is 10.5 Å². The number of nitrogens with one attached hydrogen (secondary N) is 1. The van der Waals surface area contributed by atoms with E-state index >= 15 is 0 Å². The standard InChI is InChI=1S/C27H32ClNO3S/c1-2-33-25-13-3-20(4-14-25)19-26(30)29-23-9-11-24(12-10-23)32-27(15-17-31-18-16-27)21-5-7-22(28)8-6-21/h3-9,13-14,24H,2,10-12,15-19H2,1H3,(H,29,30). The number of allylic oxidation sites excluding steroid dienone is 1. The topological polar surface area (TPSA) is 47.6 Å². The molecule has 1 saturated heterocycles. The Labute approximate surface area is 206 Å². The number of carbonyl (C=O) groups excluding carboxylic acids is 1. The van der Waals surface area contributed by atoms with Gasteiger partial charge in [0.2, 0.25) is 5.91 Å². The summed E-state index contributed by atoms with van der Waals surface area (Å²) in [6, 6.07) is 16.3. The third-order valence-electron chi connectivity index (χ3n) is 6.32. The SMILES string of the molecule is CCSc1ccc(CC(=O)NC2=CCC(OC3(c4ccc(Cl)cc4)CCOCC3)CC2)cc1. The summed E-state index contributed by atoms with van der Waals surface area (Å²) >= 11 is 7.92. The van der Waals surface area contributed by atoms with Crippen molar-refractivity contribution < 1.29 is 14.3 Å². The van der Waals surface area contributed by atoms with Gasteiger partial charge in [-0.25, -0.2) is 0 Å². The molecule has 0 radical (unpaired) electrons. The third kappa shape index (κ3) is 6.63. The minimum atomic E-state index is -0.329. The van der Waals surface area contributed by atoms with Gasteiger partial charge in [0.25, 0.3) is 0 Å². The van der Waals surface area contributed by atoms with Crippen molar-refractivity contribution in [2.45, 2.75) is 62.0 Å². The largest absolute Gasteiger partial charge is 0.381 e. The van der Waals surface area contributed by atoms with Crippen molar-refractivity contribution in [2.75, 3.05) is 19.0 Å². The highest BCUT2D eigenvalue weighted by Gasteiger charge is 2.38. The van der Waals surface area contributed by atoms with Crippen LogP contribution in [0.4, 0.5) is 0 Å². The van der Waals surface area contributed by atoms with Crippen molar-refractivity contribution in [1.82, 2.24) is 5.32 Å². The minimum Gasteiger partial charge on any atom is -0.381 e. The van der Waals surface area contributed by atoms with Crippen LogP contribution in [0.2, 0.25) is 5.02 Å². The number of thioether (sulfide) groups is 1. The summed E-state index contributed by atoms with van der Waals surface area (Å²) in [6.07, 6.45) is 6.84. The molecule has 0 bridgehead atoms. The lowest BCUT2D eigenvalue weighted by atomic mass is 9.85. The second-order valence-corrected chi connectivity index (χ2v) is 10.4. The Morgan fingerprint density at radius 2 is 1.88 bits per heavy atom. The fourth-order valence-corrected chi connectivity index (χ4v) is 5.35. The molecule has 6 heteroatoms. The van der Waals surface area contributed by atoms with E-state index in [9.17, 15) is 4.79 Å². The summed E-state index contributed by atoms with van der Waals surface area (Å²) in [5, 5.41) is 3.84. The first kappa shape index (κ1) is 24.3. The third-order valence-corrected chi connectivity index (χ3v) is 7.47. The van der Waals surface area contributed by atoms with Crippen LogP contribution in [0.1, 0.15) is 50.2 Å². The zero-order valence-electron chi connectivity index (χ0n) is 19.1. The molecule has 4 rings (SSSR count). The zero-order chi connectivity index (χ0) is 23.1. The van der Waals surface area contributed by atoms with Crippen LogP contribution in [0.25, 0.3) is 0 Å². The van der Waals surface area contributed by atoms with Crippen LogP contribution in [-0.4, -0.2) is 31.0 Å². The molecule has 0 saturated carbocycles. The van der Waals surface area contributed by atoms with Gasteiger partial charge in [-0.3, -0.25) is 4.79 Å². The average molecular weight is 486 g/mol. The number of ether oxygens (including phenoxy) is 2. The quantitative estimate of drug-likeness (QED) is 0.447. The van der Waals surface area contributed by atoms with Crippen molar-refractivity contribution in [3.05, 3.63) is 76.5 Å². The summed E-state index contributed by atoms with van der Waals surface area (Å²) in [6.45, 7) is 3.54. The Kier molecular flexibility index (Phi) is 8.53. The smallest absolute Gasteiger partial charge is 0.228 e. The molecular weight excluding hydrogens is 454 g/mol. The van der Waals surface area contributed by atoms with Gasteiger partial charge in [0.1, 0.15) is 0 Å². The fourth-order valence-electron chi connectivity index (χ4n) is 4.56. The molecule has 1 aliphatic heterocycles. The van der Waals surface area contributed by atoms with Gasteiger partial charge in [-0.15, -0.1) is 11.8 Å². The van der Waals surface area contributed by atoms with E-state index in [-0.39, 0.29) is 17.6 Å². The lowest BCUT2D eigenvalue weighted by Gasteiger charge is -2.41. The summed E-state index contributed by atoms with van der Waals surface area (Å²) in [5.74, 6) is 1.09. The van der Waals surface area contributed by atoms with E-state index in [2.05, 4.69) is 42.6 Å². The predicted molar refractivity (Wildman–Crippen MR) is 135 cm³/mol. The van der Waals surface area contributed by atoms with Crippen LogP contribution in [0, 0.1) is 0 Å². The first-order valence-corrected chi connectivity index (χ1v) is 13.1. The maximum absolute atomic E-state index is 12.5. The highest BCUT2D eigenvalue weighted by Crippen LogP contribution is 2.39. The van der Waals surface area contributed by atoms with Crippen molar-refractivity contribution in [3.8, 4) is 0 Å². The van der Waals surface area contributed by atoms with Crippen molar-refractivity contribution in [1.29, 1.82) is 0 Å². The Hall–Kier alpha value is -1.79. The molecule has 1 atom stereocenters. The molecule has 4 nitrogen and oxygen atoms in total. The number of benzene rings is 2. The Balaban J connectivity index is 1.32. The molecule has 2 aromatic rings. The van der Waals surface area contributed by atoms with Gasteiger partial charge in [-0.1, -0.05) is 48.9 Å². The molecule has 1 fully saturated rings. The molecule has 2 aromatic carbocycles. The van der Waals surface area contributed by atoms with Crippen LogP contribution in [0.15, 0.2) is 65.2 Å². The van der Waals surface area contributed by atoms with Gasteiger partial charge in [0.05, 0.1) is 18.1 Å². The molecule has 1 N–H and O–H groups in total. The van der Waals surface area contributed by atoms with Crippen molar-refractivity contribution in [3.63, 3.8) is 0 Å². The van der Waals surface area contributed by atoms with E-state index in [1.54, 1.807) is 0 Å². The number of halogens is 1. The Morgan fingerprint density at radius 1 is 1.15 bits per heavy atom. The summed E-state index contributed by atoms with van der Waals surface area (Å²) < 4.78 is 12.4. The average Bonchev–Trinajstić information content (AvgIpc) is 2.83. The van der Waals surface area contributed by atoms with Crippen molar-refractivity contribution in [2.24, 2.45) is 0 Å². The number of rotatable bonds is 8. The molecule has 1 unspecified atom stereocenters. The summed E-state index contributed by atoms with van der Waals surface area (Å²) in [5.41, 5.74) is 2.88. The second-order valence-electron chi connectivity index (χ2n) is 8.66. The number of amides is 1. The van der Waals surface area contributed by atoms with Crippen LogP contribution < -0.4 is 5.32 Å². The van der Waals surface area contributed by atoms with Gasteiger partial charge in [0.15, 0.2) is 0 Å². The molecular formula is C27H32ClNO3S. The molecule has 0 aromatic heterocycles. The second kappa shape index (κ2) is 11.6. The molecule has 1 amide bonds. The zero-order valence-corrected chi connectivity index (χ0v) is 20.7. The Bertz CT molecular complexity index is 952.